The fourth-order valence-corrected chi connectivity index (χ4v) is 1.75. The summed E-state index contributed by atoms with van der Waals surface area (Å²) in [5.41, 5.74) is 0.784. The molecule has 5 nitrogen and oxygen atoms in total. The highest BCUT2D eigenvalue weighted by Crippen LogP contribution is 2.17. The van der Waals surface area contributed by atoms with Crippen LogP contribution >= 0.6 is 11.6 Å². The van der Waals surface area contributed by atoms with Crippen LogP contribution in [-0.2, 0) is 6.54 Å². The first-order chi connectivity index (χ1) is 8.10. The molecule has 2 aromatic heterocycles. The number of nitrogens with zero attached hydrogens (tertiary/aromatic N) is 4. The number of nitrogens with one attached hydrogen (secondary N) is 1. The molecule has 90 valence electrons. The van der Waals surface area contributed by atoms with Gasteiger partial charge in [-0.3, -0.25) is 0 Å². The van der Waals surface area contributed by atoms with E-state index < -0.39 is 0 Å². The number of rotatable bonds is 3. The van der Waals surface area contributed by atoms with Gasteiger partial charge in [-0.25, -0.2) is 14.6 Å². The number of pyridine rings is 1. The van der Waals surface area contributed by atoms with Crippen LogP contribution in [0.5, 0.6) is 0 Å². The summed E-state index contributed by atoms with van der Waals surface area (Å²) in [7, 11) is 1.82. The normalized spacial score (nSPS) is 10.6. The first kappa shape index (κ1) is 11.9. The second-order valence-electron chi connectivity index (χ2n) is 3.74. The van der Waals surface area contributed by atoms with E-state index in [1.807, 2.05) is 33.0 Å². The van der Waals surface area contributed by atoms with Gasteiger partial charge < -0.3 is 5.32 Å². The van der Waals surface area contributed by atoms with Crippen LogP contribution in [0.3, 0.4) is 0 Å². The molecule has 2 aromatic rings. The van der Waals surface area contributed by atoms with E-state index in [-0.39, 0.29) is 0 Å². The first-order valence-corrected chi connectivity index (χ1v) is 5.69. The zero-order chi connectivity index (χ0) is 12.4. The zero-order valence-corrected chi connectivity index (χ0v) is 10.8. The van der Waals surface area contributed by atoms with Crippen LogP contribution in [0.4, 0.5) is 5.82 Å². The maximum Gasteiger partial charge on any atom is 0.147 e. The molecule has 0 bridgehead atoms. The largest absolute Gasteiger partial charge is 0.373 e. The lowest BCUT2D eigenvalue weighted by Gasteiger charge is -2.07. The van der Waals surface area contributed by atoms with E-state index in [1.165, 1.54) is 0 Å². The predicted octanol–water partition coefficient (Wildman–Crippen LogP) is 2.03. The highest BCUT2D eigenvalue weighted by molar-refractivity contribution is 6.31. The van der Waals surface area contributed by atoms with Crippen molar-refractivity contribution in [2.75, 3.05) is 12.4 Å². The zero-order valence-electron chi connectivity index (χ0n) is 10.0. The molecule has 2 heterocycles. The van der Waals surface area contributed by atoms with E-state index in [0.29, 0.717) is 11.6 Å². The molecule has 0 aromatic carbocycles. The van der Waals surface area contributed by atoms with Crippen molar-refractivity contribution in [1.82, 2.24) is 19.7 Å². The van der Waals surface area contributed by atoms with Gasteiger partial charge in [0.2, 0.25) is 0 Å². The van der Waals surface area contributed by atoms with Gasteiger partial charge >= 0.3 is 0 Å². The third-order valence-corrected chi connectivity index (χ3v) is 2.78. The van der Waals surface area contributed by atoms with Crippen molar-refractivity contribution in [2.45, 2.75) is 20.4 Å². The summed E-state index contributed by atoms with van der Waals surface area (Å²) in [6.07, 6.45) is 0. The molecule has 0 saturated carbocycles. The Hall–Kier alpha value is -1.62. The lowest BCUT2D eigenvalue weighted by Crippen LogP contribution is -2.07. The molecule has 0 amide bonds. The van der Waals surface area contributed by atoms with Crippen molar-refractivity contribution < 1.29 is 0 Å². The van der Waals surface area contributed by atoms with Gasteiger partial charge in [0, 0.05) is 7.05 Å². The van der Waals surface area contributed by atoms with Crippen molar-refractivity contribution in [3.63, 3.8) is 0 Å². The van der Waals surface area contributed by atoms with E-state index in [1.54, 1.807) is 4.68 Å². The van der Waals surface area contributed by atoms with Crippen molar-refractivity contribution in [3.8, 4) is 0 Å². The Kier molecular flexibility index (Phi) is 3.28. The number of halogens is 1. The maximum atomic E-state index is 6.11. The minimum atomic E-state index is 0.529. The standard InChI is InChI=1S/C11H14ClN5/c1-7-14-8(2)17(16-7)6-10-9(12)4-5-11(13-3)15-10/h4-5H,6H2,1-3H3,(H,13,15). The molecule has 6 heteroatoms. The monoisotopic (exact) mass is 251 g/mol. The summed E-state index contributed by atoms with van der Waals surface area (Å²) in [4.78, 5) is 8.65. The molecule has 0 aliphatic rings. The fraction of sp³-hybridized carbons (Fsp3) is 0.364. The summed E-state index contributed by atoms with van der Waals surface area (Å²) in [5, 5.41) is 7.91. The molecule has 0 spiro atoms. The van der Waals surface area contributed by atoms with Crippen molar-refractivity contribution >= 4 is 17.4 Å². The van der Waals surface area contributed by atoms with Gasteiger partial charge in [0.25, 0.3) is 0 Å². The lowest BCUT2D eigenvalue weighted by molar-refractivity contribution is 0.645. The summed E-state index contributed by atoms with van der Waals surface area (Å²) in [6, 6.07) is 3.67. The van der Waals surface area contributed by atoms with Crippen LogP contribution in [0.1, 0.15) is 17.3 Å². The van der Waals surface area contributed by atoms with Gasteiger partial charge in [0.05, 0.1) is 17.3 Å². The lowest BCUT2D eigenvalue weighted by atomic mass is 10.3. The van der Waals surface area contributed by atoms with Crippen LogP contribution < -0.4 is 5.32 Å². The third-order valence-electron chi connectivity index (χ3n) is 2.44. The smallest absolute Gasteiger partial charge is 0.147 e. The minimum absolute atomic E-state index is 0.529. The van der Waals surface area contributed by atoms with E-state index in [4.69, 9.17) is 11.6 Å². The second kappa shape index (κ2) is 4.71. The molecular weight excluding hydrogens is 238 g/mol. The fourth-order valence-electron chi connectivity index (χ4n) is 1.59. The van der Waals surface area contributed by atoms with Gasteiger partial charge in [-0.2, -0.15) is 5.10 Å². The summed E-state index contributed by atoms with van der Waals surface area (Å²) >= 11 is 6.11. The molecule has 0 saturated heterocycles. The minimum Gasteiger partial charge on any atom is -0.373 e. The summed E-state index contributed by atoms with van der Waals surface area (Å²) in [6.45, 7) is 4.30. The van der Waals surface area contributed by atoms with Gasteiger partial charge in [-0.15, -0.1) is 0 Å². The Morgan fingerprint density at radius 2 is 2.06 bits per heavy atom. The van der Waals surface area contributed by atoms with Crippen molar-refractivity contribution in [3.05, 3.63) is 34.5 Å². The number of anilines is 1. The molecule has 0 unspecified atom stereocenters. The molecule has 17 heavy (non-hydrogen) atoms. The Morgan fingerprint density at radius 1 is 1.29 bits per heavy atom. The van der Waals surface area contributed by atoms with Gasteiger partial charge in [0.1, 0.15) is 17.5 Å². The van der Waals surface area contributed by atoms with Crippen LogP contribution in [0, 0.1) is 13.8 Å². The van der Waals surface area contributed by atoms with Crippen LogP contribution in [0.2, 0.25) is 5.02 Å². The van der Waals surface area contributed by atoms with E-state index >= 15 is 0 Å². The highest BCUT2D eigenvalue weighted by atomic mass is 35.5. The Bertz CT molecular complexity index is 535. The van der Waals surface area contributed by atoms with Crippen LogP contribution in [-0.4, -0.2) is 26.8 Å². The first-order valence-electron chi connectivity index (χ1n) is 5.31. The molecule has 2 rings (SSSR count). The van der Waals surface area contributed by atoms with E-state index in [9.17, 15) is 0 Å². The predicted molar refractivity (Wildman–Crippen MR) is 67.4 cm³/mol. The number of aryl methyl sites for hydroxylation is 2. The van der Waals surface area contributed by atoms with Crippen LogP contribution in [0.15, 0.2) is 12.1 Å². The Labute approximate surface area is 105 Å². The topological polar surface area (TPSA) is 55.6 Å². The third kappa shape index (κ3) is 2.55. The van der Waals surface area contributed by atoms with Gasteiger partial charge in [-0.1, -0.05) is 11.6 Å². The van der Waals surface area contributed by atoms with E-state index in [2.05, 4.69) is 20.4 Å². The second-order valence-corrected chi connectivity index (χ2v) is 4.15. The molecule has 0 atom stereocenters. The quantitative estimate of drug-likeness (QED) is 0.907. The van der Waals surface area contributed by atoms with Gasteiger partial charge in [0.15, 0.2) is 0 Å². The molecule has 0 radical (unpaired) electrons. The summed E-state index contributed by atoms with van der Waals surface area (Å²) < 4.78 is 1.79. The molecule has 1 N–H and O–H groups in total. The Balaban J connectivity index is 2.32. The average Bonchev–Trinajstić information content (AvgIpc) is 2.60. The molecule has 0 fully saturated rings. The highest BCUT2D eigenvalue weighted by Gasteiger charge is 2.08. The van der Waals surface area contributed by atoms with E-state index in [0.717, 1.165) is 23.2 Å². The maximum absolute atomic E-state index is 6.11. The molecule has 0 aliphatic heterocycles. The van der Waals surface area contributed by atoms with Crippen LogP contribution in [0.25, 0.3) is 0 Å². The Morgan fingerprint density at radius 3 is 2.65 bits per heavy atom. The number of aromatic nitrogens is 4. The average molecular weight is 252 g/mol. The summed E-state index contributed by atoms with van der Waals surface area (Å²) in [5.74, 6) is 2.40. The van der Waals surface area contributed by atoms with Crippen molar-refractivity contribution in [2.24, 2.45) is 0 Å². The molecular formula is C11H14ClN5. The molecule has 0 aliphatic carbocycles. The van der Waals surface area contributed by atoms with Crippen molar-refractivity contribution in [1.29, 1.82) is 0 Å². The number of hydrogen-bond acceptors (Lipinski definition) is 4. The SMILES string of the molecule is CNc1ccc(Cl)c(Cn2nc(C)nc2C)n1. The van der Waals surface area contributed by atoms with Gasteiger partial charge in [-0.05, 0) is 26.0 Å². The number of hydrogen-bond donors (Lipinski definition) is 1.